The van der Waals surface area contributed by atoms with Crippen LogP contribution in [0.2, 0.25) is 0 Å². The highest BCUT2D eigenvalue weighted by Gasteiger charge is 2.22. The minimum Gasteiger partial charge on any atom is -0.464 e. The predicted octanol–water partition coefficient (Wildman–Crippen LogP) is 3.56. The van der Waals surface area contributed by atoms with E-state index in [2.05, 4.69) is 43.0 Å². The van der Waals surface area contributed by atoms with Gasteiger partial charge >= 0.3 is 0 Å². The first-order valence-corrected chi connectivity index (χ1v) is 6.77. The Hall–Kier alpha value is -1.74. The second-order valence-electron chi connectivity index (χ2n) is 5.19. The SMILES string of the molecule is CC1CN(c2ccc(-c3ccco3)cc2)CC(C)O1. The second kappa shape index (κ2) is 5.10. The molecule has 1 saturated heterocycles. The van der Waals surface area contributed by atoms with Crippen LogP contribution in [0.15, 0.2) is 47.1 Å². The maximum absolute atomic E-state index is 5.76. The quantitative estimate of drug-likeness (QED) is 0.822. The van der Waals surface area contributed by atoms with E-state index in [1.54, 1.807) is 6.26 Å². The van der Waals surface area contributed by atoms with Crippen molar-refractivity contribution < 1.29 is 9.15 Å². The first kappa shape index (κ1) is 12.3. The van der Waals surface area contributed by atoms with Crippen LogP contribution in [0, 0.1) is 0 Å². The van der Waals surface area contributed by atoms with Crippen LogP contribution in [-0.4, -0.2) is 25.3 Å². The molecule has 100 valence electrons. The van der Waals surface area contributed by atoms with Crippen LogP contribution in [0.3, 0.4) is 0 Å². The van der Waals surface area contributed by atoms with Crippen LogP contribution < -0.4 is 4.90 Å². The van der Waals surface area contributed by atoms with Gasteiger partial charge in [-0.05, 0) is 50.2 Å². The Morgan fingerprint density at radius 1 is 1.00 bits per heavy atom. The summed E-state index contributed by atoms with van der Waals surface area (Å²) in [6.45, 7) is 6.15. The molecule has 0 N–H and O–H groups in total. The van der Waals surface area contributed by atoms with Crippen LogP contribution in [0.4, 0.5) is 5.69 Å². The molecule has 0 bridgehead atoms. The standard InChI is InChI=1S/C16H19NO2/c1-12-10-17(11-13(2)19-12)15-7-5-14(6-8-15)16-4-3-9-18-16/h3-9,12-13H,10-11H2,1-2H3. The molecule has 3 heteroatoms. The molecule has 1 aromatic heterocycles. The number of benzene rings is 1. The smallest absolute Gasteiger partial charge is 0.133 e. The van der Waals surface area contributed by atoms with Crippen LogP contribution in [0.5, 0.6) is 0 Å². The van der Waals surface area contributed by atoms with Gasteiger partial charge in [-0.2, -0.15) is 0 Å². The highest BCUT2D eigenvalue weighted by atomic mass is 16.5. The number of furan rings is 1. The van der Waals surface area contributed by atoms with Gasteiger partial charge in [-0.25, -0.2) is 0 Å². The normalized spacial score (nSPS) is 23.6. The molecule has 0 amide bonds. The summed E-state index contributed by atoms with van der Waals surface area (Å²) in [5, 5.41) is 0. The van der Waals surface area contributed by atoms with Gasteiger partial charge in [0.2, 0.25) is 0 Å². The van der Waals surface area contributed by atoms with E-state index in [9.17, 15) is 0 Å². The fourth-order valence-corrected chi connectivity index (χ4v) is 2.67. The molecule has 19 heavy (non-hydrogen) atoms. The summed E-state index contributed by atoms with van der Waals surface area (Å²) in [4.78, 5) is 2.38. The van der Waals surface area contributed by atoms with Gasteiger partial charge in [0.05, 0.1) is 18.5 Å². The number of ether oxygens (including phenoxy) is 1. The minimum atomic E-state index is 0.286. The topological polar surface area (TPSA) is 25.6 Å². The molecule has 1 fully saturated rings. The summed E-state index contributed by atoms with van der Waals surface area (Å²) in [5.41, 5.74) is 2.36. The molecule has 1 aliphatic heterocycles. The lowest BCUT2D eigenvalue weighted by molar-refractivity contribution is -0.00521. The molecule has 1 aliphatic rings. The van der Waals surface area contributed by atoms with Crippen LogP contribution in [0.25, 0.3) is 11.3 Å². The van der Waals surface area contributed by atoms with Crippen molar-refractivity contribution in [1.82, 2.24) is 0 Å². The fraction of sp³-hybridized carbons (Fsp3) is 0.375. The van der Waals surface area contributed by atoms with Crippen molar-refractivity contribution in [3.05, 3.63) is 42.7 Å². The third kappa shape index (κ3) is 2.66. The largest absolute Gasteiger partial charge is 0.464 e. The first-order chi connectivity index (χ1) is 9.22. The highest BCUT2D eigenvalue weighted by Crippen LogP contribution is 2.25. The summed E-state index contributed by atoms with van der Waals surface area (Å²) >= 11 is 0. The minimum absolute atomic E-state index is 0.286. The zero-order valence-corrected chi connectivity index (χ0v) is 11.4. The number of hydrogen-bond acceptors (Lipinski definition) is 3. The number of rotatable bonds is 2. The molecule has 1 aromatic carbocycles. The summed E-state index contributed by atoms with van der Waals surface area (Å²) < 4.78 is 11.2. The predicted molar refractivity (Wildman–Crippen MR) is 76.4 cm³/mol. The van der Waals surface area contributed by atoms with Crippen molar-refractivity contribution in [3.63, 3.8) is 0 Å². The summed E-state index contributed by atoms with van der Waals surface area (Å²) in [7, 11) is 0. The average Bonchev–Trinajstić information content (AvgIpc) is 2.91. The number of morpholine rings is 1. The summed E-state index contributed by atoms with van der Waals surface area (Å²) in [5.74, 6) is 0.912. The Morgan fingerprint density at radius 3 is 2.26 bits per heavy atom. The number of anilines is 1. The molecule has 3 nitrogen and oxygen atoms in total. The number of hydrogen-bond donors (Lipinski definition) is 0. The Bertz CT molecular complexity index is 508. The van der Waals surface area contributed by atoms with Gasteiger partial charge in [0, 0.05) is 24.3 Å². The van der Waals surface area contributed by atoms with Gasteiger partial charge in [0.25, 0.3) is 0 Å². The van der Waals surface area contributed by atoms with Gasteiger partial charge in [-0.15, -0.1) is 0 Å². The van der Waals surface area contributed by atoms with E-state index in [0.717, 1.165) is 24.4 Å². The van der Waals surface area contributed by atoms with Crippen molar-refractivity contribution >= 4 is 5.69 Å². The Labute approximate surface area is 113 Å². The molecule has 0 spiro atoms. The molecule has 0 aliphatic carbocycles. The molecule has 2 atom stereocenters. The van der Waals surface area contributed by atoms with Crippen molar-refractivity contribution in [1.29, 1.82) is 0 Å². The molecule has 0 saturated carbocycles. The fourth-order valence-electron chi connectivity index (χ4n) is 2.67. The second-order valence-corrected chi connectivity index (χ2v) is 5.19. The van der Waals surface area contributed by atoms with Crippen molar-refractivity contribution in [2.45, 2.75) is 26.1 Å². The van der Waals surface area contributed by atoms with E-state index in [-0.39, 0.29) is 12.2 Å². The zero-order valence-electron chi connectivity index (χ0n) is 11.4. The molecular weight excluding hydrogens is 238 g/mol. The molecule has 2 heterocycles. The van der Waals surface area contributed by atoms with Crippen LogP contribution >= 0.6 is 0 Å². The Morgan fingerprint density at radius 2 is 1.68 bits per heavy atom. The van der Waals surface area contributed by atoms with Crippen molar-refractivity contribution in [2.75, 3.05) is 18.0 Å². The monoisotopic (exact) mass is 257 g/mol. The maximum Gasteiger partial charge on any atom is 0.133 e. The third-order valence-electron chi connectivity index (χ3n) is 3.46. The van der Waals surface area contributed by atoms with E-state index >= 15 is 0 Å². The molecule has 2 aromatic rings. The van der Waals surface area contributed by atoms with Crippen LogP contribution in [-0.2, 0) is 4.74 Å². The van der Waals surface area contributed by atoms with Gasteiger partial charge in [-0.3, -0.25) is 0 Å². The van der Waals surface area contributed by atoms with Gasteiger partial charge in [0.1, 0.15) is 5.76 Å². The van der Waals surface area contributed by atoms with Gasteiger partial charge in [0.15, 0.2) is 0 Å². The summed E-state index contributed by atoms with van der Waals surface area (Å²) in [6, 6.07) is 12.4. The van der Waals surface area contributed by atoms with E-state index in [1.165, 1.54) is 5.69 Å². The lowest BCUT2D eigenvalue weighted by Crippen LogP contribution is -2.45. The van der Waals surface area contributed by atoms with E-state index in [0.29, 0.717) is 0 Å². The molecule has 2 unspecified atom stereocenters. The summed E-state index contributed by atoms with van der Waals surface area (Å²) in [6.07, 6.45) is 2.27. The van der Waals surface area contributed by atoms with Crippen molar-refractivity contribution in [3.8, 4) is 11.3 Å². The number of nitrogens with zero attached hydrogens (tertiary/aromatic N) is 1. The first-order valence-electron chi connectivity index (χ1n) is 6.77. The molecular formula is C16H19NO2. The molecule has 0 radical (unpaired) electrons. The zero-order chi connectivity index (χ0) is 13.2. The lowest BCUT2D eigenvalue weighted by Gasteiger charge is -2.36. The maximum atomic E-state index is 5.76. The van der Waals surface area contributed by atoms with Crippen molar-refractivity contribution in [2.24, 2.45) is 0 Å². The van der Waals surface area contributed by atoms with Crippen LogP contribution in [0.1, 0.15) is 13.8 Å². The average molecular weight is 257 g/mol. The lowest BCUT2D eigenvalue weighted by atomic mass is 10.1. The van der Waals surface area contributed by atoms with E-state index in [4.69, 9.17) is 9.15 Å². The Balaban J connectivity index is 1.79. The van der Waals surface area contributed by atoms with Gasteiger partial charge < -0.3 is 14.1 Å². The highest BCUT2D eigenvalue weighted by molar-refractivity contribution is 5.62. The molecule has 3 rings (SSSR count). The van der Waals surface area contributed by atoms with E-state index in [1.807, 2.05) is 12.1 Å². The third-order valence-corrected chi connectivity index (χ3v) is 3.46. The van der Waals surface area contributed by atoms with E-state index < -0.39 is 0 Å². The van der Waals surface area contributed by atoms with Gasteiger partial charge in [-0.1, -0.05) is 0 Å². The Kier molecular flexibility index (Phi) is 3.30.